The Morgan fingerprint density at radius 1 is 1.25 bits per heavy atom. The number of rotatable bonds is 5. The lowest BCUT2D eigenvalue weighted by atomic mass is 10.1. The second kappa shape index (κ2) is 6.06. The summed E-state index contributed by atoms with van der Waals surface area (Å²) in [6.45, 7) is 12.0. The highest BCUT2D eigenvalue weighted by Gasteiger charge is 2.29. The van der Waals surface area contributed by atoms with Crippen molar-refractivity contribution >= 4 is 11.5 Å². The molecule has 0 bridgehead atoms. The van der Waals surface area contributed by atoms with Crippen molar-refractivity contribution in [3.05, 3.63) is 5.69 Å². The summed E-state index contributed by atoms with van der Waals surface area (Å²) >= 11 is 0. The normalized spacial score (nSPS) is 16.6. The topological polar surface area (TPSA) is 47.1 Å². The molecule has 20 heavy (non-hydrogen) atoms. The van der Waals surface area contributed by atoms with Crippen molar-refractivity contribution in [2.75, 3.05) is 17.2 Å². The Labute approximate surface area is 123 Å². The highest BCUT2D eigenvalue weighted by atomic mass is 15.4. The van der Waals surface area contributed by atoms with Gasteiger partial charge in [0.2, 0.25) is 0 Å². The molecule has 1 aliphatic carbocycles. The van der Waals surface area contributed by atoms with E-state index in [1.54, 1.807) is 0 Å². The monoisotopic (exact) mass is 278 g/mol. The summed E-state index contributed by atoms with van der Waals surface area (Å²) < 4.78 is 2.12. The minimum absolute atomic E-state index is 0.345. The number of hydrogen-bond acceptors (Lipinski definition) is 3. The van der Waals surface area contributed by atoms with Crippen LogP contribution in [0.15, 0.2) is 0 Å². The van der Waals surface area contributed by atoms with Gasteiger partial charge in [0.05, 0.1) is 11.4 Å². The minimum Gasteiger partial charge on any atom is -0.394 e. The molecule has 1 fully saturated rings. The van der Waals surface area contributed by atoms with E-state index in [-0.39, 0.29) is 0 Å². The van der Waals surface area contributed by atoms with E-state index in [1.807, 2.05) is 6.92 Å². The first-order chi connectivity index (χ1) is 9.41. The van der Waals surface area contributed by atoms with Crippen LogP contribution in [-0.2, 0) is 0 Å². The number of aromatic nitrogens is 2. The summed E-state index contributed by atoms with van der Waals surface area (Å²) in [5.74, 6) is 1.78. The summed E-state index contributed by atoms with van der Waals surface area (Å²) in [5, 5.41) is 4.66. The van der Waals surface area contributed by atoms with Crippen LogP contribution in [0, 0.1) is 12.8 Å². The van der Waals surface area contributed by atoms with E-state index in [1.165, 1.54) is 25.7 Å². The molecule has 0 unspecified atom stereocenters. The number of anilines is 2. The molecule has 0 amide bonds. The Hall–Kier alpha value is -1.19. The van der Waals surface area contributed by atoms with Crippen molar-refractivity contribution in [3.8, 4) is 0 Å². The zero-order valence-corrected chi connectivity index (χ0v) is 13.7. The highest BCUT2D eigenvalue weighted by Crippen LogP contribution is 2.35. The van der Waals surface area contributed by atoms with Gasteiger partial charge >= 0.3 is 0 Å². The van der Waals surface area contributed by atoms with Crippen molar-refractivity contribution < 1.29 is 0 Å². The zero-order valence-electron chi connectivity index (χ0n) is 13.7. The second-order valence-corrected chi connectivity index (χ2v) is 6.85. The fourth-order valence-electron chi connectivity index (χ4n) is 3.21. The van der Waals surface area contributed by atoms with Gasteiger partial charge in [-0.15, -0.1) is 0 Å². The summed E-state index contributed by atoms with van der Waals surface area (Å²) in [7, 11) is 0. The maximum Gasteiger partial charge on any atom is 0.151 e. The summed E-state index contributed by atoms with van der Waals surface area (Å²) in [5.41, 5.74) is 8.19. The van der Waals surface area contributed by atoms with Crippen LogP contribution in [0.5, 0.6) is 0 Å². The molecule has 0 aliphatic heterocycles. The van der Waals surface area contributed by atoms with Crippen LogP contribution in [-0.4, -0.2) is 22.4 Å². The number of nitrogens with zero attached hydrogens (tertiary/aromatic N) is 3. The molecule has 4 nitrogen and oxygen atoms in total. The van der Waals surface area contributed by atoms with Crippen LogP contribution in [0.3, 0.4) is 0 Å². The third kappa shape index (κ3) is 2.94. The molecule has 2 rings (SSSR count). The molecule has 0 spiro atoms. The standard InChI is InChI=1S/C16H30N4/c1-11(2)10-19(14-8-6-7-9-14)16-15(17)13(5)18-20(16)12(3)4/h11-12,14H,6-10,17H2,1-5H3. The summed E-state index contributed by atoms with van der Waals surface area (Å²) in [6, 6.07) is 0.977. The van der Waals surface area contributed by atoms with Crippen LogP contribution in [0.25, 0.3) is 0 Å². The SMILES string of the molecule is Cc1nn(C(C)C)c(N(CC(C)C)C2CCCC2)c1N. The summed E-state index contributed by atoms with van der Waals surface area (Å²) in [4.78, 5) is 2.53. The van der Waals surface area contributed by atoms with Crippen molar-refractivity contribution in [2.45, 2.75) is 72.4 Å². The lowest BCUT2D eigenvalue weighted by Crippen LogP contribution is -2.38. The van der Waals surface area contributed by atoms with E-state index in [2.05, 4.69) is 42.4 Å². The van der Waals surface area contributed by atoms with Gasteiger partial charge < -0.3 is 10.6 Å². The largest absolute Gasteiger partial charge is 0.394 e. The van der Waals surface area contributed by atoms with Crippen molar-refractivity contribution in [1.82, 2.24) is 9.78 Å². The van der Waals surface area contributed by atoms with E-state index in [0.29, 0.717) is 18.0 Å². The summed E-state index contributed by atoms with van der Waals surface area (Å²) in [6.07, 6.45) is 5.25. The lowest BCUT2D eigenvalue weighted by Gasteiger charge is -2.34. The Balaban J connectivity index is 2.41. The number of nitrogens with two attached hydrogens (primary N) is 1. The van der Waals surface area contributed by atoms with Crippen LogP contribution >= 0.6 is 0 Å². The quantitative estimate of drug-likeness (QED) is 0.892. The smallest absolute Gasteiger partial charge is 0.151 e. The van der Waals surface area contributed by atoms with E-state index in [0.717, 1.165) is 23.7 Å². The molecule has 1 aliphatic rings. The molecule has 0 saturated heterocycles. The molecule has 1 saturated carbocycles. The maximum absolute atomic E-state index is 6.36. The fourth-order valence-corrected chi connectivity index (χ4v) is 3.21. The van der Waals surface area contributed by atoms with Crippen molar-refractivity contribution in [1.29, 1.82) is 0 Å². The highest BCUT2D eigenvalue weighted by molar-refractivity contribution is 5.67. The maximum atomic E-state index is 6.36. The van der Waals surface area contributed by atoms with Gasteiger partial charge in [-0.2, -0.15) is 5.10 Å². The van der Waals surface area contributed by atoms with Gasteiger partial charge in [0.1, 0.15) is 0 Å². The molecular weight excluding hydrogens is 248 g/mol. The first kappa shape index (κ1) is 15.2. The number of nitrogen functional groups attached to an aromatic ring is 1. The molecule has 0 radical (unpaired) electrons. The molecule has 114 valence electrons. The molecule has 1 aromatic heterocycles. The molecule has 1 heterocycles. The molecule has 1 aromatic rings. The Kier molecular flexibility index (Phi) is 4.61. The molecule has 2 N–H and O–H groups in total. The van der Waals surface area contributed by atoms with Gasteiger partial charge in [-0.25, -0.2) is 4.68 Å². The lowest BCUT2D eigenvalue weighted by molar-refractivity contribution is 0.481. The van der Waals surface area contributed by atoms with E-state index < -0.39 is 0 Å². The molecule has 0 aromatic carbocycles. The molecule has 4 heteroatoms. The van der Waals surface area contributed by atoms with Gasteiger partial charge in [0, 0.05) is 18.6 Å². The third-order valence-corrected chi connectivity index (χ3v) is 4.19. The molecular formula is C16H30N4. The Morgan fingerprint density at radius 3 is 2.35 bits per heavy atom. The van der Waals surface area contributed by atoms with Crippen LogP contribution in [0.2, 0.25) is 0 Å². The van der Waals surface area contributed by atoms with Gasteiger partial charge in [-0.05, 0) is 39.5 Å². The first-order valence-electron chi connectivity index (χ1n) is 8.03. The average molecular weight is 278 g/mol. The fraction of sp³-hybridized carbons (Fsp3) is 0.812. The second-order valence-electron chi connectivity index (χ2n) is 6.85. The van der Waals surface area contributed by atoms with E-state index >= 15 is 0 Å². The van der Waals surface area contributed by atoms with Gasteiger partial charge in [-0.3, -0.25) is 0 Å². The average Bonchev–Trinajstić information content (AvgIpc) is 2.97. The van der Waals surface area contributed by atoms with Crippen molar-refractivity contribution in [2.24, 2.45) is 5.92 Å². The van der Waals surface area contributed by atoms with Crippen molar-refractivity contribution in [3.63, 3.8) is 0 Å². The van der Waals surface area contributed by atoms with Crippen LogP contribution < -0.4 is 10.6 Å². The van der Waals surface area contributed by atoms with Gasteiger partial charge in [-0.1, -0.05) is 26.7 Å². The van der Waals surface area contributed by atoms with Gasteiger partial charge in [0.25, 0.3) is 0 Å². The zero-order chi connectivity index (χ0) is 14.9. The minimum atomic E-state index is 0.345. The Morgan fingerprint density at radius 2 is 1.85 bits per heavy atom. The predicted octanol–water partition coefficient (Wildman–Crippen LogP) is 3.76. The van der Waals surface area contributed by atoms with Crippen LogP contribution in [0.4, 0.5) is 11.5 Å². The van der Waals surface area contributed by atoms with E-state index in [4.69, 9.17) is 5.73 Å². The van der Waals surface area contributed by atoms with E-state index in [9.17, 15) is 0 Å². The number of hydrogen-bond donors (Lipinski definition) is 1. The van der Waals surface area contributed by atoms with Gasteiger partial charge in [0.15, 0.2) is 5.82 Å². The Bertz CT molecular complexity index is 442. The number of aryl methyl sites for hydroxylation is 1. The first-order valence-corrected chi connectivity index (χ1v) is 8.03. The van der Waals surface area contributed by atoms with Crippen LogP contribution in [0.1, 0.15) is 65.1 Å². The third-order valence-electron chi connectivity index (χ3n) is 4.19. The predicted molar refractivity (Wildman–Crippen MR) is 86.2 cm³/mol. The molecule has 0 atom stereocenters.